The number of amides is 1. The monoisotopic (exact) mass is 454 g/mol. The van der Waals surface area contributed by atoms with Gasteiger partial charge in [-0.15, -0.1) is 10.2 Å². The first-order valence-corrected chi connectivity index (χ1v) is 11.3. The zero-order valence-corrected chi connectivity index (χ0v) is 18.1. The fourth-order valence-corrected chi connectivity index (χ4v) is 4.01. The summed E-state index contributed by atoms with van der Waals surface area (Å²) in [7, 11) is 0. The van der Waals surface area contributed by atoms with Gasteiger partial charge in [0, 0.05) is 30.9 Å². The van der Waals surface area contributed by atoms with Crippen LogP contribution in [0.25, 0.3) is 11.5 Å². The van der Waals surface area contributed by atoms with Crippen LogP contribution in [0.2, 0.25) is 0 Å². The Morgan fingerprint density at radius 3 is 2.69 bits per heavy atom. The summed E-state index contributed by atoms with van der Waals surface area (Å²) in [6.45, 7) is 4.54. The first-order valence-electron chi connectivity index (χ1n) is 10.3. The Balaban J connectivity index is 1.11. The van der Waals surface area contributed by atoms with Gasteiger partial charge < -0.3 is 23.9 Å². The number of hydrogen-bond donors (Lipinski definition) is 1. The maximum absolute atomic E-state index is 12.3. The minimum atomic E-state index is -0.140. The molecule has 0 saturated carbocycles. The molecule has 166 valence electrons. The molecule has 2 aliphatic heterocycles. The van der Waals surface area contributed by atoms with Gasteiger partial charge in [-0.05, 0) is 35.9 Å². The maximum Gasteiger partial charge on any atom is 0.277 e. The molecular formula is C22H22N4O5S. The third-order valence-corrected chi connectivity index (χ3v) is 5.92. The Bertz CT molecular complexity index is 1080. The SMILES string of the molecule is O=C(CSc1nnc(-c2ccc3c(c2)OCO3)o1)Nc1ccc(CN2CCOCC2)cc1. The highest BCUT2D eigenvalue weighted by Crippen LogP contribution is 2.36. The molecule has 0 spiro atoms. The molecule has 1 aromatic heterocycles. The third-order valence-electron chi connectivity index (χ3n) is 5.10. The molecule has 5 rings (SSSR count). The number of fused-ring (bicyclic) bond motifs is 1. The summed E-state index contributed by atoms with van der Waals surface area (Å²) < 4.78 is 21.7. The second-order valence-corrected chi connectivity index (χ2v) is 8.29. The van der Waals surface area contributed by atoms with Crippen molar-refractivity contribution in [2.75, 3.05) is 44.2 Å². The van der Waals surface area contributed by atoms with E-state index in [9.17, 15) is 4.79 Å². The van der Waals surface area contributed by atoms with Crippen molar-refractivity contribution in [3.05, 3.63) is 48.0 Å². The first kappa shape index (κ1) is 20.8. The molecule has 1 amide bonds. The smallest absolute Gasteiger partial charge is 0.277 e. The molecule has 0 unspecified atom stereocenters. The van der Waals surface area contributed by atoms with E-state index in [1.165, 1.54) is 17.3 Å². The van der Waals surface area contributed by atoms with E-state index in [1.54, 1.807) is 12.1 Å². The van der Waals surface area contributed by atoms with Crippen molar-refractivity contribution in [3.8, 4) is 23.0 Å². The number of ether oxygens (including phenoxy) is 3. The highest BCUT2D eigenvalue weighted by molar-refractivity contribution is 7.99. The van der Waals surface area contributed by atoms with Gasteiger partial charge in [0.05, 0.1) is 19.0 Å². The van der Waals surface area contributed by atoms with Gasteiger partial charge in [-0.1, -0.05) is 23.9 Å². The first-order chi connectivity index (χ1) is 15.7. The van der Waals surface area contributed by atoms with Gasteiger partial charge in [-0.2, -0.15) is 0 Å². The van der Waals surface area contributed by atoms with Crippen molar-refractivity contribution in [3.63, 3.8) is 0 Å². The minimum absolute atomic E-state index is 0.140. The van der Waals surface area contributed by atoms with Crippen LogP contribution in [0.1, 0.15) is 5.56 Å². The Labute approximate surface area is 189 Å². The van der Waals surface area contributed by atoms with E-state index < -0.39 is 0 Å². The van der Waals surface area contributed by atoms with E-state index in [2.05, 4.69) is 20.4 Å². The normalized spacial score (nSPS) is 15.6. The molecule has 1 N–H and O–H groups in total. The second kappa shape index (κ2) is 9.60. The zero-order valence-electron chi connectivity index (χ0n) is 17.3. The molecule has 9 nitrogen and oxygen atoms in total. The Morgan fingerprint density at radius 2 is 1.84 bits per heavy atom. The summed E-state index contributed by atoms with van der Waals surface area (Å²) in [6.07, 6.45) is 0. The minimum Gasteiger partial charge on any atom is -0.454 e. The van der Waals surface area contributed by atoms with Crippen LogP contribution >= 0.6 is 11.8 Å². The van der Waals surface area contributed by atoms with Crippen LogP contribution in [0.15, 0.2) is 52.1 Å². The van der Waals surface area contributed by atoms with Crippen molar-refractivity contribution in [1.29, 1.82) is 0 Å². The predicted octanol–water partition coefficient (Wildman–Crippen LogP) is 3.03. The molecule has 3 heterocycles. The summed E-state index contributed by atoms with van der Waals surface area (Å²) in [5, 5.41) is 11.3. The predicted molar refractivity (Wildman–Crippen MR) is 118 cm³/mol. The quantitative estimate of drug-likeness (QED) is 0.540. The number of carbonyl (C=O) groups excluding carboxylic acids is 1. The van der Waals surface area contributed by atoms with E-state index >= 15 is 0 Å². The largest absolute Gasteiger partial charge is 0.454 e. The van der Waals surface area contributed by atoms with Crippen molar-refractivity contribution in [2.45, 2.75) is 11.8 Å². The van der Waals surface area contributed by atoms with Crippen LogP contribution in [0.4, 0.5) is 5.69 Å². The van der Waals surface area contributed by atoms with E-state index in [0.29, 0.717) is 22.6 Å². The van der Waals surface area contributed by atoms with Crippen LogP contribution < -0.4 is 14.8 Å². The van der Waals surface area contributed by atoms with Crippen LogP contribution in [0, 0.1) is 0 Å². The van der Waals surface area contributed by atoms with Gasteiger partial charge in [0.2, 0.25) is 18.6 Å². The van der Waals surface area contributed by atoms with E-state index in [-0.39, 0.29) is 18.5 Å². The number of hydrogen-bond acceptors (Lipinski definition) is 9. The number of rotatable bonds is 7. The third kappa shape index (κ3) is 5.04. The van der Waals surface area contributed by atoms with Gasteiger partial charge in [0.1, 0.15) is 0 Å². The summed E-state index contributed by atoms with van der Waals surface area (Å²) in [5.74, 6) is 1.72. The highest BCUT2D eigenvalue weighted by atomic mass is 32.2. The van der Waals surface area contributed by atoms with Crippen molar-refractivity contribution >= 4 is 23.4 Å². The molecule has 1 fully saturated rings. The molecule has 0 bridgehead atoms. The molecule has 0 aliphatic carbocycles. The van der Waals surface area contributed by atoms with Gasteiger partial charge in [-0.25, -0.2) is 0 Å². The zero-order chi connectivity index (χ0) is 21.8. The maximum atomic E-state index is 12.3. The summed E-state index contributed by atoms with van der Waals surface area (Å²) in [5.41, 5.74) is 2.70. The molecule has 0 radical (unpaired) electrons. The van der Waals surface area contributed by atoms with Gasteiger partial charge in [-0.3, -0.25) is 9.69 Å². The van der Waals surface area contributed by atoms with E-state index in [0.717, 1.165) is 44.1 Å². The lowest BCUT2D eigenvalue weighted by Gasteiger charge is -2.26. The van der Waals surface area contributed by atoms with Crippen molar-refractivity contribution < 1.29 is 23.4 Å². The van der Waals surface area contributed by atoms with Crippen LogP contribution in [0.3, 0.4) is 0 Å². The van der Waals surface area contributed by atoms with Crippen LogP contribution in [-0.2, 0) is 16.1 Å². The molecular weight excluding hydrogens is 432 g/mol. The Hall–Kier alpha value is -3.08. The number of thioether (sulfide) groups is 1. The van der Waals surface area contributed by atoms with E-state index in [1.807, 2.05) is 30.3 Å². The number of morpholine rings is 1. The molecule has 1 saturated heterocycles. The molecule has 3 aromatic rings. The van der Waals surface area contributed by atoms with Crippen molar-refractivity contribution in [1.82, 2.24) is 15.1 Å². The topological polar surface area (TPSA) is 99.0 Å². The number of nitrogens with one attached hydrogen (secondary N) is 1. The number of anilines is 1. The number of aromatic nitrogens is 2. The second-order valence-electron chi connectivity index (χ2n) is 7.36. The summed E-state index contributed by atoms with van der Waals surface area (Å²) in [4.78, 5) is 14.7. The fourth-order valence-electron chi connectivity index (χ4n) is 3.45. The lowest BCUT2D eigenvalue weighted by Crippen LogP contribution is -2.35. The van der Waals surface area contributed by atoms with Gasteiger partial charge >= 0.3 is 0 Å². The number of carbonyl (C=O) groups is 1. The van der Waals surface area contributed by atoms with Gasteiger partial charge in [0.15, 0.2) is 11.5 Å². The van der Waals surface area contributed by atoms with Gasteiger partial charge in [0.25, 0.3) is 5.22 Å². The molecule has 2 aromatic carbocycles. The fraction of sp³-hybridized carbons (Fsp3) is 0.318. The molecule has 0 atom stereocenters. The average molecular weight is 455 g/mol. The van der Waals surface area contributed by atoms with Crippen LogP contribution in [-0.4, -0.2) is 59.9 Å². The Kier molecular flexibility index (Phi) is 6.24. The van der Waals surface area contributed by atoms with Crippen LogP contribution in [0.5, 0.6) is 11.5 Å². The summed E-state index contributed by atoms with van der Waals surface area (Å²) >= 11 is 1.19. The molecule has 10 heteroatoms. The molecule has 32 heavy (non-hydrogen) atoms. The Morgan fingerprint density at radius 1 is 1.03 bits per heavy atom. The number of benzene rings is 2. The number of nitrogens with zero attached hydrogens (tertiary/aromatic N) is 3. The lowest BCUT2D eigenvalue weighted by atomic mass is 10.2. The van der Waals surface area contributed by atoms with E-state index in [4.69, 9.17) is 18.6 Å². The molecule has 2 aliphatic rings. The van der Waals surface area contributed by atoms with Crippen molar-refractivity contribution in [2.24, 2.45) is 0 Å². The lowest BCUT2D eigenvalue weighted by molar-refractivity contribution is -0.113. The average Bonchev–Trinajstić information content (AvgIpc) is 3.49. The standard InChI is InChI=1S/C22H22N4O5S/c27-20(23-17-4-1-15(2-5-17)12-26-7-9-28-10-8-26)13-32-22-25-24-21(31-22)16-3-6-18-19(11-16)30-14-29-18/h1-6,11H,7-10,12-14H2,(H,23,27). The summed E-state index contributed by atoms with van der Waals surface area (Å²) in [6, 6.07) is 13.3. The highest BCUT2D eigenvalue weighted by Gasteiger charge is 2.17.